The maximum absolute atomic E-state index is 12.7. The number of benzene rings is 1. The Balaban J connectivity index is 2.35. The largest absolute Gasteiger partial charge is 0.275 e. The molecule has 112 valence electrons. The van der Waals surface area contributed by atoms with E-state index in [1.807, 2.05) is 32.0 Å². The molecule has 0 saturated heterocycles. The molecule has 0 unspecified atom stereocenters. The predicted molar refractivity (Wildman–Crippen MR) is 83.8 cm³/mol. The second-order valence-corrected chi connectivity index (χ2v) is 6.34. The van der Waals surface area contributed by atoms with Crippen molar-refractivity contribution in [3.05, 3.63) is 48.7 Å². The molecule has 2 N–H and O–H groups in total. The zero-order chi connectivity index (χ0) is 15.3. The van der Waals surface area contributed by atoms with Crippen LogP contribution >= 0.6 is 0 Å². The van der Waals surface area contributed by atoms with Gasteiger partial charge in [-0.3, -0.25) is 9.62 Å². The molecule has 2 aromatic rings. The van der Waals surface area contributed by atoms with E-state index < -0.39 is 10.0 Å². The van der Waals surface area contributed by atoms with E-state index in [1.165, 1.54) is 10.5 Å². The van der Waals surface area contributed by atoms with Gasteiger partial charge in [-0.2, -0.15) is 0 Å². The van der Waals surface area contributed by atoms with E-state index in [-0.39, 0.29) is 4.90 Å². The van der Waals surface area contributed by atoms with Gasteiger partial charge in [0.1, 0.15) is 11.1 Å². The average molecular weight is 306 g/mol. The lowest BCUT2D eigenvalue weighted by Gasteiger charge is -2.22. The van der Waals surface area contributed by atoms with Crippen molar-refractivity contribution in [3.63, 3.8) is 0 Å². The maximum atomic E-state index is 12.7. The summed E-state index contributed by atoms with van der Waals surface area (Å²) in [4.78, 5) is 3.20. The normalized spacial score (nSPS) is 11.1. The first-order valence-electron chi connectivity index (χ1n) is 6.93. The number of rotatable bonds is 6. The fourth-order valence-corrected chi connectivity index (χ4v) is 3.53. The van der Waals surface area contributed by atoms with Gasteiger partial charge in [0.15, 0.2) is 0 Å². The van der Waals surface area contributed by atoms with Gasteiger partial charge in [0, 0.05) is 12.6 Å². The molecule has 0 aliphatic heterocycles. The summed E-state index contributed by atoms with van der Waals surface area (Å²) >= 11 is 0. The van der Waals surface area contributed by atoms with Gasteiger partial charge in [0.05, 0.1) is 12.2 Å². The van der Waals surface area contributed by atoms with E-state index in [4.69, 9.17) is 0 Å². The van der Waals surface area contributed by atoms with Gasteiger partial charge < -0.3 is 0 Å². The summed E-state index contributed by atoms with van der Waals surface area (Å²) in [6.07, 6.45) is 1.51. The SMILES string of the molecule is CCNc1ccc(S(=O)(=O)N(CC)c2ccccc2)c[nH+]1. The van der Waals surface area contributed by atoms with Gasteiger partial charge >= 0.3 is 0 Å². The summed E-state index contributed by atoms with van der Waals surface area (Å²) in [6.45, 7) is 4.95. The van der Waals surface area contributed by atoms with Crippen molar-refractivity contribution >= 4 is 21.5 Å². The zero-order valence-electron chi connectivity index (χ0n) is 12.2. The number of pyridine rings is 1. The smallest absolute Gasteiger partial charge is 0.272 e. The highest BCUT2D eigenvalue weighted by Crippen LogP contribution is 2.22. The summed E-state index contributed by atoms with van der Waals surface area (Å²) in [5.41, 5.74) is 0.663. The van der Waals surface area contributed by atoms with Gasteiger partial charge in [-0.1, -0.05) is 18.2 Å². The van der Waals surface area contributed by atoms with Crippen molar-refractivity contribution in [2.45, 2.75) is 18.7 Å². The molecule has 6 heteroatoms. The molecular weight excluding hydrogens is 286 g/mol. The molecule has 1 heterocycles. The Kier molecular flexibility index (Phi) is 4.80. The Labute approximate surface area is 125 Å². The Morgan fingerprint density at radius 3 is 2.33 bits per heavy atom. The first-order valence-corrected chi connectivity index (χ1v) is 8.37. The lowest BCUT2D eigenvalue weighted by Crippen LogP contribution is -2.31. The molecule has 1 aromatic heterocycles. The molecule has 0 spiro atoms. The van der Waals surface area contributed by atoms with Gasteiger partial charge in [-0.25, -0.2) is 13.4 Å². The Morgan fingerprint density at radius 1 is 1.10 bits per heavy atom. The molecule has 2 rings (SSSR count). The third kappa shape index (κ3) is 3.33. The van der Waals surface area contributed by atoms with Gasteiger partial charge in [-0.05, 0) is 32.0 Å². The second-order valence-electron chi connectivity index (χ2n) is 4.47. The third-order valence-electron chi connectivity index (χ3n) is 3.07. The molecule has 0 fully saturated rings. The highest BCUT2D eigenvalue weighted by Gasteiger charge is 2.24. The fourth-order valence-electron chi connectivity index (χ4n) is 2.08. The quantitative estimate of drug-likeness (QED) is 0.889. The fraction of sp³-hybridized carbons (Fsp3) is 0.267. The molecule has 0 aliphatic carbocycles. The Bertz CT molecular complexity index is 670. The number of anilines is 2. The molecule has 0 radical (unpaired) electrons. The standard InChI is InChI=1S/C15H19N3O2S/c1-3-16-15-11-10-14(12-17-15)21(19,20)18(4-2)13-8-6-5-7-9-13/h5-12H,3-4H2,1-2H3,(H,16,17)/p+1. The van der Waals surface area contributed by atoms with Crippen molar-refractivity contribution in [2.24, 2.45) is 0 Å². The van der Waals surface area contributed by atoms with E-state index in [9.17, 15) is 8.42 Å². The van der Waals surface area contributed by atoms with Crippen LogP contribution in [0.2, 0.25) is 0 Å². The van der Waals surface area contributed by atoms with E-state index >= 15 is 0 Å². The van der Waals surface area contributed by atoms with E-state index in [1.54, 1.807) is 24.3 Å². The zero-order valence-corrected chi connectivity index (χ0v) is 13.0. The van der Waals surface area contributed by atoms with Crippen LogP contribution in [0.1, 0.15) is 13.8 Å². The van der Waals surface area contributed by atoms with Gasteiger partial charge in [0.25, 0.3) is 15.8 Å². The van der Waals surface area contributed by atoms with E-state index in [0.29, 0.717) is 12.2 Å². The number of sulfonamides is 1. The number of hydrogen-bond donors (Lipinski definition) is 1. The summed E-state index contributed by atoms with van der Waals surface area (Å²) < 4.78 is 26.8. The van der Waals surface area contributed by atoms with Crippen LogP contribution < -0.4 is 14.6 Å². The summed E-state index contributed by atoms with van der Waals surface area (Å²) in [6, 6.07) is 12.4. The van der Waals surface area contributed by atoms with Crippen LogP contribution in [0.25, 0.3) is 0 Å². The minimum atomic E-state index is -3.56. The van der Waals surface area contributed by atoms with Crippen LogP contribution in [0.3, 0.4) is 0 Å². The second kappa shape index (κ2) is 6.58. The van der Waals surface area contributed by atoms with E-state index in [0.717, 1.165) is 12.4 Å². The number of H-pyrrole nitrogens is 1. The minimum absolute atomic E-state index is 0.245. The predicted octanol–water partition coefficient (Wildman–Crippen LogP) is 2.15. The Morgan fingerprint density at radius 2 is 1.81 bits per heavy atom. The number of aromatic nitrogens is 1. The molecule has 0 aliphatic rings. The van der Waals surface area contributed by atoms with E-state index in [2.05, 4.69) is 10.3 Å². The summed E-state index contributed by atoms with van der Waals surface area (Å²) in [7, 11) is -3.56. The number of nitrogens with one attached hydrogen (secondary N) is 2. The third-order valence-corrected chi connectivity index (χ3v) is 4.97. The van der Waals surface area contributed by atoms with Gasteiger partial charge in [0.2, 0.25) is 0 Å². The van der Waals surface area contributed by atoms with Crippen LogP contribution in [-0.4, -0.2) is 21.5 Å². The van der Waals surface area contributed by atoms with Crippen molar-refractivity contribution in [1.29, 1.82) is 0 Å². The highest BCUT2D eigenvalue weighted by molar-refractivity contribution is 7.92. The molecule has 0 amide bonds. The number of aromatic amines is 1. The van der Waals surface area contributed by atoms with Crippen molar-refractivity contribution in [3.8, 4) is 0 Å². The molecule has 0 atom stereocenters. The number of hydrogen-bond acceptors (Lipinski definition) is 3. The molecule has 5 nitrogen and oxygen atoms in total. The Hall–Kier alpha value is -2.08. The van der Waals surface area contributed by atoms with Crippen LogP contribution in [0.5, 0.6) is 0 Å². The van der Waals surface area contributed by atoms with Crippen molar-refractivity contribution < 1.29 is 13.4 Å². The number of nitrogens with zero attached hydrogens (tertiary/aromatic N) is 1. The van der Waals surface area contributed by atoms with Crippen molar-refractivity contribution in [1.82, 2.24) is 0 Å². The molecule has 1 aromatic carbocycles. The van der Waals surface area contributed by atoms with Gasteiger partial charge in [-0.15, -0.1) is 0 Å². The van der Waals surface area contributed by atoms with Crippen LogP contribution in [0.4, 0.5) is 11.5 Å². The van der Waals surface area contributed by atoms with Crippen LogP contribution in [-0.2, 0) is 10.0 Å². The van der Waals surface area contributed by atoms with Crippen LogP contribution in [0.15, 0.2) is 53.6 Å². The number of para-hydroxylation sites is 1. The molecule has 21 heavy (non-hydrogen) atoms. The molecule has 0 bridgehead atoms. The summed E-state index contributed by atoms with van der Waals surface area (Å²) in [5.74, 6) is 0.791. The summed E-state index contributed by atoms with van der Waals surface area (Å²) in [5, 5.41) is 3.10. The average Bonchev–Trinajstić information content (AvgIpc) is 2.50. The topological polar surface area (TPSA) is 63.6 Å². The van der Waals surface area contributed by atoms with Crippen molar-refractivity contribution in [2.75, 3.05) is 22.7 Å². The monoisotopic (exact) mass is 306 g/mol. The lowest BCUT2D eigenvalue weighted by atomic mass is 10.3. The maximum Gasteiger partial charge on any atom is 0.272 e. The molecular formula is C15H20N3O2S+. The highest BCUT2D eigenvalue weighted by atomic mass is 32.2. The lowest BCUT2D eigenvalue weighted by molar-refractivity contribution is -0.364. The first kappa shape index (κ1) is 15.3. The van der Waals surface area contributed by atoms with Crippen LogP contribution in [0, 0.1) is 0 Å². The molecule has 0 saturated carbocycles. The minimum Gasteiger partial charge on any atom is -0.275 e. The first-order chi connectivity index (χ1) is 10.1.